The average molecular weight is 435 g/mol. The van der Waals surface area contributed by atoms with Crippen LogP contribution in [0, 0.1) is 0 Å². The summed E-state index contributed by atoms with van der Waals surface area (Å²) in [6.07, 6.45) is 1.13. The van der Waals surface area contributed by atoms with Crippen molar-refractivity contribution >= 4 is 12.1 Å². The van der Waals surface area contributed by atoms with Crippen LogP contribution in [0.2, 0.25) is 0 Å². The van der Waals surface area contributed by atoms with Gasteiger partial charge in [-0.15, -0.1) is 0 Å². The number of benzene rings is 1. The molecule has 0 fully saturated rings. The first-order valence-corrected chi connectivity index (χ1v) is 10.1. The summed E-state index contributed by atoms with van der Waals surface area (Å²) in [4.78, 5) is 26.2. The van der Waals surface area contributed by atoms with E-state index in [9.17, 15) is 18.4 Å². The Bertz CT molecular complexity index is 990. The van der Waals surface area contributed by atoms with Crippen LogP contribution in [0.25, 0.3) is 5.69 Å². The summed E-state index contributed by atoms with van der Waals surface area (Å²) in [6, 6.07) is 5.24. The van der Waals surface area contributed by atoms with E-state index in [0.717, 1.165) is 28.9 Å². The molecule has 0 aliphatic carbocycles. The van der Waals surface area contributed by atoms with Crippen molar-refractivity contribution in [2.45, 2.75) is 59.1 Å². The van der Waals surface area contributed by atoms with Gasteiger partial charge in [-0.05, 0) is 51.3 Å². The summed E-state index contributed by atoms with van der Waals surface area (Å²) >= 11 is 0. The number of carbonyl (C=O) groups is 2. The SMILES string of the molecule is CCOC(=O)c1cnn(-c2cccc3c2CCN(C(=O)OC(C)(C)C)C3)c1C(C)(F)F. The quantitative estimate of drug-likeness (QED) is 0.664. The van der Waals surface area contributed by atoms with E-state index in [1.165, 1.54) is 0 Å². The molecule has 0 bridgehead atoms. The minimum absolute atomic E-state index is 0.0694. The number of aromatic nitrogens is 2. The molecule has 0 saturated heterocycles. The van der Waals surface area contributed by atoms with Crippen molar-refractivity contribution in [3.8, 4) is 5.69 Å². The number of esters is 1. The fourth-order valence-electron chi connectivity index (χ4n) is 3.58. The molecule has 7 nitrogen and oxygen atoms in total. The molecular weight excluding hydrogens is 408 g/mol. The van der Waals surface area contributed by atoms with Crippen LogP contribution in [-0.2, 0) is 28.4 Å². The lowest BCUT2D eigenvalue weighted by atomic mass is 9.97. The zero-order valence-corrected chi connectivity index (χ0v) is 18.4. The first-order valence-electron chi connectivity index (χ1n) is 10.1. The lowest BCUT2D eigenvalue weighted by molar-refractivity contribution is 0.00750. The van der Waals surface area contributed by atoms with Gasteiger partial charge in [0.05, 0.1) is 18.5 Å². The maximum Gasteiger partial charge on any atom is 0.410 e. The van der Waals surface area contributed by atoms with Gasteiger partial charge in [0.25, 0.3) is 5.92 Å². The van der Waals surface area contributed by atoms with E-state index in [2.05, 4.69) is 5.10 Å². The van der Waals surface area contributed by atoms with Crippen LogP contribution in [-0.4, -0.2) is 45.5 Å². The molecule has 0 atom stereocenters. The van der Waals surface area contributed by atoms with E-state index < -0.39 is 29.3 Å². The maximum absolute atomic E-state index is 14.5. The highest BCUT2D eigenvalue weighted by Crippen LogP contribution is 2.34. The number of fused-ring (bicyclic) bond motifs is 1. The molecule has 1 aliphatic rings. The number of halogens is 2. The monoisotopic (exact) mass is 435 g/mol. The smallest absolute Gasteiger partial charge is 0.410 e. The van der Waals surface area contributed by atoms with E-state index >= 15 is 0 Å². The zero-order valence-electron chi connectivity index (χ0n) is 18.4. The van der Waals surface area contributed by atoms with Crippen molar-refractivity contribution in [3.63, 3.8) is 0 Å². The molecule has 1 aliphatic heterocycles. The Balaban J connectivity index is 2.00. The van der Waals surface area contributed by atoms with Gasteiger partial charge >= 0.3 is 12.1 Å². The van der Waals surface area contributed by atoms with Gasteiger partial charge in [0.2, 0.25) is 0 Å². The van der Waals surface area contributed by atoms with E-state index in [1.807, 2.05) is 6.07 Å². The number of nitrogens with zero attached hydrogens (tertiary/aromatic N) is 3. The highest BCUT2D eigenvalue weighted by Gasteiger charge is 2.37. The molecule has 0 unspecified atom stereocenters. The Morgan fingerprint density at radius 1 is 1.19 bits per heavy atom. The molecule has 1 aromatic heterocycles. The van der Waals surface area contributed by atoms with E-state index in [4.69, 9.17) is 9.47 Å². The largest absolute Gasteiger partial charge is 0.462 e. The summed E-state index contributed by atoms with van der Waals surface area (Å²) in [5.41, 5.74) is 0.666. The summed E-state index contributed by atoms with van der Waals surface area (Å²) in [5.74, 6) is -4.16. The molecule has 0 N–H and O–H groups in total. The van der Waals surface area contributed by atoms with E-state index in [-0.39, 0.29) is 12.2 Å². The van der Waals surface area contributed by atoms with Crippen molar-refractivity contribution < 1.29 is 27.8 Å². The van der Waals surface area contributed by atoms with Gasteiger partial charge in [-0.1, -0.05) is 12.1 Å². The van der Waals surface area contributed by atoms with Crippen molar-refractivity contribution in [3.05, 3.63) is 46.8 Å². The Hall–Kier alpha value is -2.97. The fourth-order valence-corrected chi connectivity index (χ4v) is 3.58. The molecule has 3 rings (SSSR count). The van der Waals surface area contributed by atoms with Crippen molar-refractivity contribution in [2.75, 3.05) is 13.2 Å². The van der Waals surface area contributed by atoms with Gasteiger partial charge < -0.3 is 14.4 Å². The van der Waals surface area contributed by atoms with Crippen LogP contribution in [0.3, 0.4) is 0 Å². The second-order valence-electron chi connectivity index (χ2n) is 8.49. The Labute approximate surface area is 179 Å². The second kappa shape index (κ2) is 8.28. The number of ether oxygens (including phenoxy) is 2. The first-order chi connectivity index (χ1) is 14.4. The normalized spacial score (nSPS) is 14.2. The van der Waals surface area contributed by atoms with E-state index in [1.54, 1.807) is 44.7 Å². The summed E-state index contributed by atoms with van der Waals surface area (Å²) in [5, 5.41) is 4.10. The number of alkyl halides is 2. The van der Waals surface area contributed by atoms with Gasteiger partial charge in [0, 0.05) is 20.0 Å². The molecule has 2 aromatic rings. The van der Waals surface area contributed by atoms with Gasteiger partial charge in [0.1, 0.15) is 16.9 Å². The number of carbonyl (C=O) groups excluding carboxylic acids is 2. The molecule has 9 heteroatoms. The van der Waals surface area contributed by atoms with Crippen LogP contribution in [0.4, 0.5) is 13.6 Å². The number of hydrogen-bond donors (Lipinski definition) is 0. The van der Waals surface area contributed by atoms with Gasteiger partial charge in [-0.2, -0.15) is 13.9 Å². The van der Waals surface area contributed by atoms with Gasteiger partial charge in [-0.25, -0.2) is 14.3 Å². The van der Waals surface area contributed by atoms with Gasteiger partial charge in [0.15, 0.2) is 0 Å². The zero-order chi connectivity index (χ0) is 23.0. The van der Waals surface area contributed by atoms with Crippen LogP contribution in [0.1, 0.15) is 61.8 Å². The number of rotatable bonds is 4. The standard InChI is InChI=1S/C22H27F2N3O4/c1-6-30-19(28)16-12-25-27(18(16)22(5,23)24)17-9-7-8-14-13-26(11-10-15(14)17)20(29)31-21(2,3)4/h7-9,12H,6,10-11,13H2,1-5H3. The maximum atomic E-state index is 14.5. The third kappa shape index (κ3) is 4.86. The molecule has 0 saturated carbocycles. The predicted octanol–water partition coefficient (Wildman–Crippen LogP) is 4.45. The van der Waals surface area contributed by atoms with Gasteiger partial charge in [-0.3, -0.25) is 0 Å². The minimum Gasteiger partial charge on any atom is -0.462 e. The highest BCUT2D eigenvalue weighted by molar-refractivity contribution is 5.91. The molecular formula is C22H27F2N3O4. The Morgan fingerprint density at radius 3 is 2.52 bits per heavy atom. The lowest BCUT2D eigenvalue weighted by Crippen LogP contribution is -2.40. The second-order valence-corrected chi connectivity index (χ2v) is 8.49. The van der Waals surface area contributed by atoms with Crippen LogP contribution in [0.15, 0.2) is 24.4 Å². The third-order valence-corrected chi connectivity index (χ3v) is 4.80. The topological polar surface area (TPSA) is 73.7 Å². The molecule has 1 amide bonds. The lowest BCUT2D eigenvalue weighted by Gasteiger charge is -2.32. The van der Waals surface area contributed by atoms with Crippen LogP contribution >= 0.6 is 0 Å². The minimum atomic E-state index is -3.32. The van der Waals surface area contributed by atoms with Crippen LogP contribution < -0.4 is 0 Å². The molecule has 2 heterocycles. The summed E-state index contributed by atoms with van der Waals surface area (Å²) in [6.45, 7) is 8.47. The number of hydrogen-bond acceptors (Lipinski definition) is 5. The van der Waals surface area contributed by atoms with E-state index in [0.29, 0.717) is 25.2 Å². The molecule has 1 aromatic carbocycles. The van der Waals surface area contributed by atoms with Crippen molar-refractivity contribution in [1.29, 1.82) is 0 Å². The van der Waals surface area contributed by atoms with Crippen molar-refractivity contribution in [1.82, 2.24) is 14.7 Å². The Kier molecular flexibility index (Phi) is 6.07. The molecule has 31 heavy (non-hydrogen) atoms. The average Bonchev–Trinajstić information content (AvgIpc) is 3.11. The molecule has 0 radical (unpaired) electrons. The van der Waals surface area contributed by atoms with Crippen molar-refractivity contribution in [2.24, 2.45) is 0 Å². The first kappa shape index (κ1) is 22.7. The molecule has 0 spiro atoms. The fraction of sp³-hybridized carbons (Fsp3) is 0.500. The predicted molar refractivity (Wildman–Crippen MR) is 109 cm³/mol. The third-order valence-electron chi connectivity index (χ3n) is 4.80. The highest BCUT2D eigenvalue weighted by atomic mass is 19.3. The van der Waals surface area contributed by atoms with Crippen LogP contribution in [0.5, 0.6) is 0 Å². The number of amides is 1. The Morgan fingerprint density at radius 2 is 1.90 bits per heavy atom. The molecule has 168 valence electrons. The summed E-state index contributed by atoms with van der Waals surface area (Å²) in [7, 11) is 0. The summed E-state index contributed by atoms with van der Waals surface area (Å²) < 4.78 is 40.5.